The molecule has 0 aromatic carbocycles. The lowest BCUT2D eigenvalue weighted by atomic mass is 9.82. The molecule has 21 heavy (non-hydrogen) atoms. The predicted molar refractivity (Wildman–Crippen MR) is 81.4 cm³/mol. The number of hydrogen-bond acceptors (Lipinski definition) is 3. The first-order chi connectivity index (χ1) is 10.1. The van der Waals surface area contributed by atoms with E-state index in [4.69, 9.17) is 5.73 Å². The van der Waals surface area contributed by atoms with Gasteiger partial charge in [0.1, 0.15) is 0 Å². The Morgan fingerprint density at radius 3 is 2.86 bits per heavy atom. The Balaban J connectivity index is 1.65. The van der Waals surface area contributed by atoms with Gasteiger partial charge in [-0.3, -0.25) is 9.48 Å². The van der Waals surface area contributed by atoms with Gasteiger partial charge in [0.05, 0.1) is 12.2 Å². The minimum Gasteiger partial charge on any atom is -0.336 e. The summed E-state index contributed by atoms with van der Waals surface area (Å²) in [6.07, 6.45) is 11.3. The van der Waals surface area contributed by atoms with Crippen molar-refractivity contribution in [1.82, 2.24) is 14.7 Å². The van der Waals surface area contributed by atoms with E-state index in [0.717, 1.165) is 37.8 Å². The molecule has 1 aliphatic heterocycles. The van der Waals surface area contributed by atoms with E-state index in [9.17, 15) is 4.79 Å². The van der Waals surface area contributed by atoms with Gasteiger partial charge in [0.15, 0.2) is 0 Å². The molecule has 5 heteroatoms. The molecule has 116 valence electrons. The highest BCUT2D eigenvalue weighted by Gasteiger charge is 2.33. The molecule has 1 aliphatic carbocycles. The molecule has 1 amide bonds. The van der Waals surface area contributed by atoms with Crippen molar-refractivity contribution in [2.24, 2.45) is 18.7 Å². The second-order valence-electron chi connectivity index (χ2n) is 6.61. The maximum Gasteiger partial charge on any atom is 0.223 e. The third-order valence-corrected chi connectivity index (χ3v) is 5.09. The molecule has 3 unspecified atom stereocenters. The van der Waals surface area contributed by atoms with Crippen molar-refractivity contribution in [2.45, 2.75) is 57.0 Å². The van der Waals surface area contributed by atoms with Gasteiger partial charge in [-0.25, -0.2) is 0 Å². The lowest BCUT2D eigenvalue weighted by Gasteiger charge is -2.31. The summed E-state index contributed by atoms with van der Waals surface area (Å²) in [6.45, 7) is 0.875. The first-order valence-corrected chi connectivity index (χ1v) is 8.19. The topological polar surface area (TPSA) is 64.2 Å². The molecule has 1 saturated carbocycles. The summed E-state index contributed by atoms with van der Waals surface area (Å²) in [5.74, 6) is 0.658. The highest BCUT2D eigenvalue weighted by molar-refractivity contribution is 5.77. The van der Waals surface area contributed by atoms with Crippen LogP contribution in [0.25, 0.3) is 0 Å². The molecule has 1 aromatic heterocycles. The molecule has 0 spiro atoms. The van der Waals surface area contributed by atoms with Gasteiger partial charge in [-0.2, -0.15) is 5.10 Å². The molecular weight excluding hydrogens is 264 g/mol. The summed E-state index contributed by atoms with van der Waals surface area (Å²) in [7, 11) is 1.92. The van der Waals surface area contributed by atoms with Crippen LogP contribution < -0.4 is 5.73 Å². The first-order valence-electron chi connectivity index (χ1n) is 8.19. The quantitative estimate of drug-likeness (QED) is 0.926. The smallest absolute Gasteiger partial charge is 0.223 e. The van der Waals surface area contributed by atoms with E-state index >= 15 is 0 Å². The van der Waals surface area contributed by atoms with E-state index < -0.39 is 0 Å². The third kappa shape index (κ3) is 3.12. The molecule has 2 N–H and O–H groups in total. The van der Waals surface area contributed by atoms with Crippen LogP contribution in [0.1, 0.15) is 56.6 Å². The maximum atomic E-state index is 12.7. The summed E-state index contributed by atoms with van der Waals surface area (Å²) >= 11 is 0. The Morgan fingerprint density at radius 2 is 2.14 bits per heavy atom. The van der Waals surface area contributed by atoms with Crippen LogP contribution in [0, 0.1) is 5.92 Å². The Labute approximate surface area is 126 Å². The van der Waals surface area contributed by atoms with Gasteiger partial charge in [-0.1, -0.05) is 12.8 Å². The highest BCUT2D eigenvalue weighted by atomic mass is 16.2. The zero-order valence-electron chi connectivity index (χ0n) is 12.9. The van der Waals surface area contributed by atoms with E-state index in [2.05, 4.69) is 10.00 Å². The minimum atomic E-state index is 0.210. The molecular formula is C16H26N4O. The zero-order valence-corrected chi connectivity index (χ0v) is 12.9. The average Bonchev–Trinajstić information content (AvgIpc) is 3.09. The highest BCUT2D eigenvalue weighted by Crippen LogP contribution is 2.34. The van der Waals surface area contributed by atoms with Gasteiger partial charge in [0, 0.05) is 37.8 Å². The molecule has 0 radical (unpaired) electrons. The van der Waals surface area contributed by atoms with Crippen LogP contribution in [0.2, 0.25) is 0 Å². The lowest BCUT2D eigenvalue weighted by molar-refractivity contribution is -0.133. The van der Waals surface area contributed by atoms with Crippen molar-refractivity contribution < 1.29 is 4.79 Å². The third-order valence-electron chi connectivity index (χ3n) is 5.09. The van der Waals surface area contributed by atoms with Crippen molar-refractivity contribution in [3.63, 3.8) is 0 Å². The van der Waals surface area contributed by atoms with E-state index in [1.54, 1.807) is 0 Å². The molecule has 2 fully saturated rings. The molecule has 5 nitrogen and oxygen atoms in total. The zero-order chi connectivity index (χ0) is 14.8. The predicted octanol–water partition coefficient (Wildman–Crippen LogP) is 1.99. The van der Waals surface area contributed by atoms with Crippen molar-refractivity contribution in [3.05, 3.63) is 18.0 Å². The van der Waals surface area contributed by atoms with Crippen molar-refractivity contribution in [3.8, 4) is 0 Å². The molecule has 0 bridgehead atoms. The SMILES string of the molecule is Cn1cc(C2CCCN2C(=O)CC2CCCCC2N)cn1. The summed E-state index contributed by atoms with van der Waals surface area (Å²) in [5, 5.41) is 4.24. The molecule has 2 heterocycles. The van der Waals surface area contributed by atoms with Gasteiger partial charge in [0.2, 0.25) is 5.91 Å². The number of aryl methyl sites for hydroxylation is 1. The van der Waals surface area contributed by atoms with Gasteiger partial charge >= 0.3 is 0 Å². The van der Waals surface area contributed by atoms with Crippen LogP contribution >= 0.6 is 0 Å². The van der Waals surface area contributed by atoms with Crippen LogP contribution in [0.4, 0.5) is 0 Å². The van der Waals surface area contributed by atoms with Crippen molar-refractivity contribution >= 4 is 5.91 Å². The number of hydrogen-bond donors (Lipinski definition) is 1. The van der Waals surface area contributed by atoms with Gasteiger partial charge in [0.25, 0.3) is 0 Å². The number of carbonyl (C=O) groups is 1. The average molecular weight is 290 g/mol. The Kier molecular flexibility index (Phi) is 4.29. The van der Waals surface area contributed by atoms with Crippen LogP contribution in [0.5, 0.6) is 0 Å². The van der Waals surface area contributed by atoms with Crippen LogP contribution in [-0.2, 0) is 11.8 Å². The number of aromatic nitrogens is 2. The van der Waals surface area contributed by atoms with Crippen LogP contribution in [0.3, 0.4) is 0 Å². The summed E-state index contributed by atoms with van der Waals surface area (Å²) < 4.78 is 1.81. The number of amides is 1. The summed E-state index contributed by atoms with van der Waals surface area (Å²) in [4.78, 5) is 14.7. The summed E-state index contributed by atoms with van der Waals surface area (Å²) in [6, 6.07) is 0.424. The molecule has 3 atom stereocenters. The van der Waals surface area contributed by atoms with Gasteiger partial charge in [-0.15, -0.1) is 0 Å². The maximum absolute atomic E-state index is 12.7. The fourth-order valence-corrected chi connectivity index (χ4v) is 3.86. The van der Waals surface area contributed by atoms with E-state index in [0.29, 0.717) is 12.3 Å². The van der Waals surface area contributed by atoms with Gasteiger partial charge < -0.3 is 10.6 Å². The minimum absolute atomic E-state index is 0.210. The van der Waals surface area contributed by atoms with Gasteiger partial charge in [-0.05, 0) is 31.6 Å². The number of likely N-dealkylation sites (tertiary alicyclic amines) is 1. The fourth-order valence-electron chi connectivity index (χ4n) is 3.86. The number of carbonyl (C=O) groups excluding carboxylic acids is 1. The fraction of sp³-hybridized carbons (Fsp3) is 0.750. The van der Waals surface area contributed by atoms with Crippen molar-refractivity contribution in [1.29, 1.82) is 0 Å². The first kappa shape index (κ1) is 14.6. The van der Waals surface area contributed by atoms with Crippen molar-refractivity contribution in [2.75, 3.05) is 6.54 Å². The number of nitrogens with two attached hydrogens (primary N) is 1. The second-order valence-corrected chi connectivity index (χ2v) is 6.61. The second kappa shape index (κ2) is 6.18. The Bertz CT molecular complexity index is 498. The van der Waals surface area contributed by atoms with E-state index in [-0.39, 0.29) is 18.0 Å². The van der Waals surface area contributed by atoms with E-state index in [1.807, 2.05) is 24.1 Å². The molecule has 1 aromatic rings. The lowest BCUT2D eigenvalue weighted by Crippen LogP contribution is -2.38. The van der Waals surface area contributed by atoms with E-state index in [1.165, 1.54) is 12.8 Å². The molecule has 3 rings (SSSR count). The van der Waals surface area contributed by atoms with Crippen LogP contribution in [-0.4, -0.2) is 33.2 Å². The summed E-state index contributed by atoms with van der Waals surface area (Å²) in [5.41, 5.74) is 7.35. The normalized spacial score (nSPS) is 29.8. The number of nitrogens with zero attached hydrogens (tertiary/aromatic N) is 3. The standard InChI is InChI=1S/C16H26N4O/c1-19-11-13(10-18-19)15-7-4-8-20(15)16(21)9-12-5-2-3-6-14(12)17/h10-12,14-15H,2-9,17H2,1H3. The molecule has 2 aliphatic rings. The van der Waals surface area contributed by atoms with Crippen LogP contribution in [0.15, 0.2) is 12.4 Å². The number of rotatable bonds is 3. The largest absolute Gasteiger partial charge is 0.336 e. The monoisotopic (exact) mass is 290 g/mol. The Morgan fingerprint density at radius 1 is 1.33 bits per heavy atom. The molecule has 1 saturated heterocycles. The Hall–Kier alpha value is -1.36.